The van der Waals surface area contributed by atoms with Crippen LogP contribution in [0.1, 0.15) is 23.6 Å². The number of carboxylic acids is 1. The third kappa shape index (κ3) is 8.35. The molecule has 3 amide bonds. The number of aromatic amines is 1. The molecule has 230 valence electrons. The highest BCUT2D eigenvalue weighted by Crippen LogP contribution is 2.20. The van der Waals surface area contributed by atoms with E-state index in [0.717, 1.165) is 16.5 Å². The molecule has 4 unspecified atom stereocenters. The second-order valence-electron chi connectivity index (χ2n) is 10.6. The molecule has 12 heteroatoms. The minimum Gasteiger partial charge on any atom is -0.508 e. The lowest BCUT2D eigenvalue weighted by atomic mass is 10.0. The van der Waals surface area contributed by atoms with Crippen LogP contribution in [0.2, 0.25) is 0 Å². The van der Waals surface area contributed by atoms with E-state index in [2.05, 4.69) is 20.9 Å². The molecule has 0 saturated carbocycles. The van der Waals surface area contributed by atoms with Crippen molar-refractivity contribution in [1.82, 2.24) is 20.9 Å². The molecule has 4 aromatic rings. The summed E-state index contributed by atoms with van der Waals surface area (Å²) in [6, 6.07) is 15.1. The van der Waals surface area contributed by atoms with Crippen LogP contribution in [0.5, 0.6) is 11.5 Å². The smallest absolute Gasteiger partial charge is 0.326 e. The highest BCUT2D eigenvalue weighted by atomic mass is 16.4. The maximum absolute atomic E-state index is 13.5. The van der Waals surface area contributed by atoms with Crippen LogP contribution in [0.15, 0.2) is 79.0 Å². The first kappa shape index (κ1) is 31.6. The Bertz CT molecular complexity index is 1620. The third-order valence-electron chi connectivity index (χ3n) is 7.20. The zero-order chi connectivity index (χ0) is 31.8. The summed E-state index contributed by atoms with van der Waals surface area (Å²) in [7, 11) is 0. The maximum Gasteiger partial charge on any atom is 0.326 e. The fraction of sp³-hybridized carbons (Fsp3) is 0.250. The minimum absolute atomic E-state index is 0.0246. The number of aliphatic carboxylic acids is 1. The van der Waals surface area contributed by atoms with Crippen molar-refractivity contribution in [3.8, 4) is 11.5 Å². The number of aromatic hydroxyl groups is 2. The Morgan fingerprint density at radius 2 is 1.30 bits per heavy atom. The quantitative estimate of drug-likeness (QED) is 0.112. The number of phenols is 2. The number of carbonyl (C=O) groups excluding carboxylic acids is 3. The Hall–Kier alpha value is -5.36. The molecular weight excluding hydrogens is 566 g/mol. The van der Waals surface area contributed by atoms with Gasteiger partial charge in [-0.05, 0) is 60.4 Å². The van der Waals surface area contributed by atoms with E-state index in [1.54, 1.807) is 30.5 Å². The van der Waals surface area contributed by atoms with E-state index < -0.39 is 47.9 Å². The van der Waals surface area contributed by atoms with Crippen LogP contribution in [-0.2, 0) is 38.4 Å². The van der Waals surface area contributed by atoms with Gasteiger partial charge < -0.3 is 42.0 Å². The molecule has 3 aromatic carbocycles. The summed E-state index contributed by atoms with van der Waals surface area (Å²) >= 11 is 0. The zero-order valence-corrected chi connectivity index (χ0v) is 24.0. The van der Waals surface area contributed by atoms with Crippen LogP contribution in [0.3, 0.4) is 0 Å². The normalized spacial score (nSPS) is 13.8. The monoisotopic (exact) mass is 601 g/mol. The largest absolute Gasteiger partial charge is 0.508 e. The average molecular weight is 602 g/mol. The minimum atomic E-state index is -1.29. The number of benzene rings is 3. The molecule has 12 nitrogen and oxygen atoms in total. The molecule has 1 aromatic heterocycles. The number of amides is 3. The van der Waals surface area contributed by atoms with E-state index >= 15 is 0 Å². The standard InChI is InChI=1S/C32H35N5O7/c1-18(29(40)37-28(32(43)44)15-20-8-12-23(39)13-9-20)35-31(42)27(16-21-17-34-26-5-3-2-4-24(21)26)36-30(41)25(33)14-19-6-10-22(38)11-7-19/h2-13,17-18,25,27-28,34,38-39H,14-16,33H2,1H3,(H,35,42)(H,36,41)(H,37,40)(H,43,44). The molecule has 0 aliphatic carbocycles. The van der Waals surface area contributed by atoms with Crippen LogP contribution in [0, 0.1) is 0 Å². The molecule has 0 aliphatic rings. The van der Waals surface area contributed by atoms with Gasteiger partial charge in [-0.15, -0.1) is 0 Å². The molecule has 0 bridgehead atoms. The van der Waals surface area contributed by atoms with Gasteiger partial charge in [0.2, 0.25) is 17.7 Å². The van der Waals surface area contributed by atoms with Gasteiger partial charge in [0.05, 0.1) is 6.04 Å². The van der Waals surface area contributed by atoms with Crippen molar-refractivity contribution < 1.29 is 34.5 Å². The van der Waals surface area contributed by atoms with E-state index in [-0.39, 0.29) is 30.8 Å². The predicted octanol–water partition coefficient (Wildman–Crippen LogP) is 1.49. The summed E-state index contributed by atoms with van der Waals surface area (Å²) in [6.45, 7) is 1.41. The summed E-state index contributed by atoms with van der Waals surface area (Å²) in [4.78, 5) is 54.6. The zero-order valence-electron chi connectivity index (χ0n) is 24.0. The summed E-state index contributed by atoms with van der Waals surface area (Å²) in [5.41, 5.74) is 9.06. The van der Waals surface area contributed by atoms with Gasteiger partial charge >= 0.3 is 5.97 Å². The highest BCUT2D eigenvalue weighted by molar-refractivity contribution is 5.94. The van der Waals surface area contributed by atoms with Gasteiger partial charge in [-0.3, -0.25) is 14.4 Å². The topological polar surface area (TPSA) is 207 Å². The third-order valence-corrected chi connectivity index (χ3v) is 7.20. The van der Waals surface area contributed by atoms with E-state index in [0.29, 0.717) is 11.1 Å². The van der Waals surface area contributed by atoms with Gasteiger partial charge in [-0.25, -0.2) is 4.79 Å². The van der Waals surface area contributed by atoms with Gasteiger partial charge in [0, 0.05) is 29.9 Å². The van der Waals surface area contributed by atoms with Crippen LogP contribution in [-0.4, -0.2) is 68.2 Å². The molecule has 0 radical (unpaired) electrons. The molecule has 0 saturated heterocycles. The van der Waals surface area contributed by atoms with Crippen LogP contribution in [0.4, 0.5) is 0 Å². The van der Waals surface area contributed by atoms with E-state index in [1.807, 2.05) is 24.3 Å². The number of para-hydroxylation sites is 1. The molecule has 0 aliphatic heterocycles. The van der Waals surface area contributed by atoms with Crippen molar-refractivity contribution in [2.45, 2.75) is 50.4 Å². The summed E-state index contributed by atoms with van der Waals surface area (Å²) in [6.07, 6.45) is 1.94. The number of nitrogens with one attached hydrogen (secondary N) is 4. The summed E-state index contributed by atoms with van der Waals surface area (Å²) < 4.78 is 0. The summed E-state index contributed by atoms with van der Waals surface area (Å²) in [5.74, 6) is -3.14. The van der Waals surface area contributed by atoms with Gasteiger partial charge in [0.15, 0.2) is 0 Å². The number of carbonyl (C=O) groups is 4. The molecule has 4 atom stereocenters. The number of H-pyrrole nitrogens is 1. The Balaban J connectivity index is 1.46. The number of carboxylic acid groups (broad SMARTS) is 1. The average Bonchev–Trinajstić information content (AvgIpc) is 3.41. The van der Waals surface area contributed by atoms with Crippen molar-refractivity contribution in [1.29, 1.82) is 0 Å². The molecule has 0 spiro atoms. The fourth-order valence-corrected chi connectivity index (χ4v) is 4.73. The van der Waals surface area contributed by atoms with Gasteiger partial charge in [-0.1, -0.05) is 42.5 Å². The van der Waals surface area contributed by atoms with Crippen molar-refractivity contribution in [2.75, 3.05) is 0 Å². The van der Waals surface area contributed by atoms with Crippen LogP contribution >= 0.6 is 0 Å². The molecule has 44 heavy (non-hydrogen) atoms. The van der Waals surface area contributed by atoms with Gasteiger partial charge in [0.25, 0.3) is 0 Å². The van der Waals surface area contributed by atoms with Crippen LogP contribution in [0.25, 0.3) is 10.9 Å². The number of rotatable bonds is 13. The summed E-state index contributed by atoms with van der Waals surface area (Å²) in [5, 5.41) is 37.2. The van der Waals surface area contributed by atoms with Gasteiger partial charge in [-0.2, -0.15) is 0 Å². The number of hydrogen-bond acceptors (Lipinski definition) is 7. The van der Waals surface area contributed by atoms with Crippen molar-refractivity contribution >= 4 is 34.6 Å². The van der Waals surface area contributed by atoms with Crippen molar-refractivity contribution in [2.24, 2.45) is 5.73 Å². The lowest BCUT2D eigenvalue weighted by Crippen LogP contribution is -2.57. The number of hydrogen-bond donors (Lipinski definition) is 8. The Kier molecular flexibility index (Phi) is 10.2. The first-order chi connectivity index (χ1) is 21.0. The fourth-order valence-electron chi connectivity index (χ4n) is 4.73. The molecular formula is C32H35N5O7. The lowest BCUT2D eigenvalue weighted by molar-refractivity contribution is -0.142. The molecule has 9 N–H and O–H groups in total. The van der Waals surface area contributed by atoms with Crippen LogP contribution < -0.4 is 21.7 Å². The Labute approximate surface area is 253 Å². The van der Waals surface area contributed by atoms with E-state index in [4.69, 9.17) is 5.73 Å². The van der Waals surface area contributed by atoms with E-state index in [1.165, 1.54) is 31.2 Å². The van der Waals surface area contributed by atoms with Crippen molar-refractivity contribution in [3.63, 3.8) is 0 Å². The Morgan fingerprint density at radius 3 is 1.91 bits per heavy atom. The highest BCUT2D eigenvalue weighted by Gasteiger charge is 2.29. The number of aromatic nitrogens is 1. The maximum atomic E-state index is 13.5. The molecule has 0 fully saturated rings. The lowest BCUT2D eigenvalue weighted by Gasteiger charge is -2.24. The number of nitrogens with two attached hydrogens (primary N) is 1. The Morgan fingerprint density at radius 1 is 0.727 bits per heavy atom. The first-order valence-corrected chi connectivity index (χ1v) is 14.0. The predicted molar refractivity (Wildman–Crippen MR) is 163 cm³/mol. The van der Waals surface area contributed by atoms with Gasteiger partial charge in [0.1, 0.15) is 29.6 Å². The molecule has 1 heterocycles. The second-order valence-corrected chi connectivity index (χ2v) is 10.6. The molecule has 4 rings (SSSR count). The number of phenolic OH excluding ortho intramolecular Hbond substituents is 2. The number of fused-ring (bicyclic) bond motifs is 1. The van der Waals surface area contributed by atoms with Crippen molar-refractivity contribution in [3.05, 3.63) is 95.7 Å². The SMILES string of the molecule is CC(NC(=O)C(Cc1c[nH]c2ccccc12)NC(=O)C(N)Cc1ccc(O)cc1)C(=O)NC(Cc1ccc(O)cc1)C(=O)O. The first-order valence-electron chi connectivity index (χ1n) is 14.0. The second kappa shape index (κ2) is 14.2. The van der Waals surface area contributed by atoms with E-state index in [9.17, 15) is 34.5 Å².